The molecule has 1 heterocycles. The highest BCUT2D eigenvalue weighted by Crippen LogP contribution is 2.32. The standard InChI is InChI=1S/C28H25Br2N3O2/c29-22-12-10-19(11-13-22)18-35-26-9-5-4-8-21(26)17-31-33-27(20-6-2-1-3-7-20)32-25-15-14-23(30)16-24(25)28(33)34/h4-5,8-17,20H,1-3,6-7,18H2. The number of halogens is 2. The Morgan fingerprint density at radius 3 is 2.51 bits per heavy atom. The number of fused-ring (bicyclic) bond motifs is 1. The summed E-state index contributed by atoms with van der Waals surface area (Å²) in [6.45, 7) is 0.441. The average molecular weight is 595 g/mol. The fourth-order valence-corrected chi connectivity index (χ4v) is 5.11. The molecular formula is C28H25Br2N3O2. The fraction of sp³-hybridized carbons (Fsp3) is 0.250. The molecule has 0 atom stereocenters. The molecule has 4 aromatic rings. The van der Waals surface area contributed by atoms with Crippen molar-refractivity contribution in [2.45, 2.75) is 44.6 Å². The lowest BCUT2D eigenvalue weighted by atomic mass is 9.88. The van der Waals surface area contributed by atoms with Gasteiger partial charge in [-0.3, -0.25) is 4.79 Å². The monoisotopic (exact) mass is 593 g/mol. The summed E-state index contributed by atoms with van der Waals surface area (Å²) in [5, 5.41) is 5.23. The molecule has 1 aliphatic rings. The van der Waals surface area contributed by atoms with Crippen molar-refractivity contribution in [2.24, 2.45) is 5.10 Å². The average Bonchev–Trinajstić information content (AvgIpc) is 2.89. The number of rotatable bonds is 6. The molecule has 0 aliphatic heterocycles. The number of nitrogens with zero attached hydrogens (tertiary/aromatic N) is 3. The summed E-state index contributed by atoms with van der Waals surface area (Å²) in [7, 11) is 0. The number of aromatic nitrogens is 2. The second kappa shape index (κ2) is 10.9. The molecule has 0 saturated heterocycles. The van der Waals surface area contributed by atoms with E-state index >= 15 is 0 Å². The fourth-order valence-electron chi connectivity index (χ4n) is 4.48. The van der Waals surface area contributed by atoms with Crippen molar-refractivity contribution >= 4 is 49.0 Å². The molecule has 178 valence electrons. The Bertz CT molecular complexity index is 1420. The van der Waals surface area contributed by atoms with E-state index in [0.29, 0.717) is 23.3 Å². The van der Waals surface area contributed by atoms with Gasteiger partial charge in [0.1, 0.15) is 18.2 Å². The third-order valence-electron chi connectivity index (χ3n) is 6.34. The Morgan fingerprint density at radius 1 is 0.971 bits per heavy atom. The van der Waals surface area contributed by atoms with Gasteiger partial charge in [-0.2, -0.15) is 9.78 Å². The number of hydrogen-bond acceptors (Lipinski definition) is 4. The Kier molecular flexibility index (Phi) is 7.44. The highest BCUT2D eigenvalue weighted by atomic mass is 79.9. The van der Waals surface area contributed by atoms with E-state index < -0.39 is 0 Å². The van der Waals surface area contributed by atoms with Crippen LogP contribution in [-0.2, 0) is 6.61 Å². The minimum atomic E-state index is -0.151. The van der Waals surface area contributed by atoms with E-state index in [1.807, 2.05) is 66.7 Å². The van der Waals surface area contributed by atoms with Crippen LogP contribution in [0, 0.1) is 0 Å². The molecule has 0 amide bonds. The van der Waals surface area contributed by atoms with Crippen molar-refractivity contribution in [3.8, 4) is 5.75 Å². The molecule has 35 heavy (non-hydrogen) atoms. The Labute approximate surface area is 221 Å². The second-order valence-electron chi connectivity index (χ2n) is 8.78. The van der Waals surface area contributed by atoms with Crippen molar-refractivity contribution in [3.63, 3.8) is 0 Å². The summed E-state index contributed by atoms with van der Waals surface area (Å²) in [5.41, 5.74) is 2.44. The third kappa shape index (κ3) is 5.57. The minimum Gasteiger partial charge on any atom is -0.488 e. The first-order valence-corrected chi connectivity index (χ1v) is 13.4. The molecule has 0 radical (unpaired) electrons. The summed E-state index contributed by atoms with van der Waals surface area (Å²) in [6.07, 6.45) is 7.28. The lowest BCUT2D eigenvalue weighted by molar-refractivity contribution is 0.306. The van der Waals surface area contributed by atoms with Crippen molar-refractivity contribution in [1.82, 2.24) is 9.66 Å². The van der Waals surface area contributed by atoms with Gasteiger partial charge in [0.25, 0.3) is 5.56 Å². The van der Waals surface area contributed by atoms with Gasteiger partial charge >= 0.3 is 0 Å². The van der Waals surface area contributed by atoms with Gasteiger partial charge in [-0.1, -0.05) is 75.4 Å². The summed E-state index contributed by atoms with van der Waals surface area (Å²) < 4.78 is 9.47. The van der Waals surface area contributed by atoms with Crippen LogP contribution in [0.3, 0.4) is 0 Å². The number of benzene rings is 3. The topological polar surface area (TPSA) is 56.5 Å². The normalized spacial score (nSPS) is 14.6. The highest BCUT2D eigenvalue weighted by molar-refractivity contribution is 9.10. The van der Waals surface area contributed by atoms with Crippen LogP contribution in [-0.4, -0.2) is 15.9 Å². The van der Waals surface area contributed by atoms with Gasteiger partial charge in [-0.15, -0.1) is 0 Å². The molecule has 3 aromatic carbocycles. The number of ether oxygens (including phenoxy) is 1. The molecule has 0 unspecified atom stereocenters. The zero-order valence-electron chi connectivity index (χ0n) is 19.2. The minimum absolute atomic E-state index is 0.151. The van der Waals surface area contributed by atoms with E-state index in [1.54, 1.807) is 6.21 Å². The molecule has 1 aromatic heterocycles. The van der Waals surface area contributed by atoms with Gasteiger partial charge in [0.15, 0.2) is 0 Å². The molecule has 5 nitrogen and oxygen atoms in total. The molecule has 1 aliphatic carbocycles. The van der Waals surface area contributed by atoms with Crippen LogP contribution in [0.1, 0.15) is 55.0 Å². The predicted molar refractivity (Wildman–Crippen MR) is 147 cm³/mol. The molecule has 0 bridgehead atoms. The van der Waals surface area contributed by atoms with Crippen LogP contribution in [0.4, 0.5) is 0 Å². The lowest BCUT2D eigenvalue weighted by Crippen LogP contribution is -2.25. The molecule has 1 saturated carbocycles. The summed E-state index contributed by atoms with van der Waals surface area (Å²) in [4.78, 5) is 18.5. The number of hydrogen-bond donors (Lipinski definition) is 0. The first kappa shape index (κ1) is 23.9. The quantitative estimate of drug-likeness (QED) is 0.218. The van der Waals surface area contributed by atoms with Gasteiger partial charge in [0, 0.05) is 20.4 Å². The molecule has 1 fully saturated rings. The van der Waals surface area contributed by atoms with E-state index in [-0.39, 0.29) is 11.5 Å². The van der Waals surface area contributed by atoms with Gasteiger partial charge in [0.05, 0.1) is 17.1 Å². The van der Waals surface area contributed by atoms with Crippen molar-refractivity contribution in [3.05, 3.63) is 103 Å². The van der Waals surface area contributed by atoms with E-state index in [1.165, 1.54) is 11.1 Å². The molecule has 0 spiro atoms. The van der Waals surface area contributed by atoms with Crippen LogP contribution < -0.4 is 10.3 Å². The molecular weight excluding hydrogens is 570 g/mol. The zero-order chi connectivity index (χ0) is 24.2. The largest absolute Gasteiger partial charge is 0.488 e. The van der Waals surface area contributed by atoms with E-state index in [0.717, 1.165) is 51.6 Å². The van der Waals surface area contributed by atoms with E-state index in [9.17, 15) is 4.79 Å². The lowest BCUT2D eigenvalue weighted by Gasteiger charge is -2.22. The smallest absolute Gasteiger partial charge is 0.282 e. The summed E-state index contributed by atoms with van der Waals surface area (Å²) in [5.74, 6) is 1.68. The second-order valence-corrected chi connectivity index (χ2v) is 10.6. The van der Waals surface area contributed by atoms with Crippen molar-refractivity contribution in [2.75, 3.05) is 0 Å². The van der Waals surface area contributed by atoms with Gasteiger partial charge in [-0.05, 0) is 60.9 Å². The first-order valence-electron chi connectivity index (χ1n) is 11.8. The Morgan fingerprint density at radius 2 is 1.71 bits per heavy atom. The van der Waals surface area contributed by atoms with Crippen LogP contribution in [0.15, 0.2) is 85.6 Å². The van der Waals surface area contributed by atoms with Crippen LogP contribution >= 0.6 is 31.9 Å². The molecule has 0 N–H and O–H groups in total. The van der Waals surface area contributed by atoms with Crippen LogP contribution in [0.2, 0.25) is 0 Å². The van der Waals surface area contributed by atoms with Gasteiger partial charge in [-0.25, -0.2) is 4.98 Å². The molecule has 5 rings (SSSR count). The van der Waals surface area contributed by atoms with Crippen molar-refractivity contribution < 1.29 is 4.74 Å². The summed E-state index contributed by atoms with van der Waals surface area (Å²) >= 11 is 6.94. The predicted octanol–water partition coefficient (Wildman–Crippen LogP) is 7.43. The van der Waals surface area contributed by atoms with Crippen LogP contribution in [0.5, 0.6) is 5.75 Å². The molecule has 7 heteroatoms. The maximum absolute atomic E-state index is 13.5. The highest BCUT2D eigenvalue weighted by Gasteiger charge is 2.22. The SMILES string of the molecule is O=c1c2cc(Br)ccc2nc(C2CCCCC2)n1N=Cc1ccccc1OCc1ccc(Br)cc1. The van der Waals surface area contributed by atoms with E-state index in [2.05, 4.69) is 37.0 Å². The van der Waals surface area contributed by atoms with Crippen molar-refractivity contribution in [1.29, 1.82) is 0 Å². The Hall–Kier alpha value is -2.77. The summed E-state index contributed by atoms with van der Waals surface area (Å²) in [6, 6.07) is 21.4. The third-order valence-corrected chi connectivity index (χ3v) is 7.36. The maximum atomic E-state index is 13.5. The maximum Gasteiger partial charge on any atom is 0.282 e. The first-order chi connectivity index (χ1) is 17.1. The van der Waals surface area contributed by atoms with E-state index in [4.69, 9.17) is 9.72 Å². The number of para-hydroxylation sites is 1. The van der Waals surface area contributed by atoms with Crippen LogP contribution in [0.25, 0.3) is 10.9 Å². The zero-order valence-corrected chi connectivity index (χ0v) is 22.3. The van der Waals surface area contributed by atoms with Gasteiger partial charge in [0.2, 0.25) is 0 Å². The Balaban J connectivity index is 1.50. The van der Waals surface area contributed by atoms with Gasteiger partial charge < -0.3 is 4.74 Å².